The topological polar surface area (TPSA) is 27.7 Å². The molecule has 0 aliphatic carbocycles. The van der Waals surface area contributed by atoms with E-state index in [0.717, 1.165) is 30.1 Å². The molecule has 1 aliphatic heterocycles. The molecule has 3 rings (SSSR count). The lowest BCUT2D eigenvalue weighted by molar-refractivity contribution is 0.174. The fourth-order valence-corrected chi connectivity index (χ4v) is 2.21. The zero-order valence-electron chi connectivity index (χ0n) is 10.9. The number of rotatable bonds is 4. The molecule has 98 valence electrons. The molecule has 2 aromatic carbocycles. The lowest BCUT2D eigenvalue weighted by atomic mass is 10.0. The smallest absolute Gasteiger partial charge is 0.231 e. The van der Waals surface area contributed by atoms with Crippen LogP contribution in [0.15, 0.2) is 42.5 Å². The molecule has 0 radical (unpaired) electrons. The summed E-state index contributed by atoms with van der Waals surface area (Å²) < 4.78 is 15.9. The molecule has 0 saturated heterocycles. The average molecular weight is 256 g/mol. The molecule has 0 saturated carbocycles. The third kappa shape index (κ3) is 2.65. The van der Waals surface area contributed by atoms with E-state index in [1.54, 1.807) is 7.11 Å². The maximum absolute atomic E-state index is 5.39. The Kier molecular flexibility index (Phi) is 3.27. The van der Waals surface area contributed by atoms with Crippen molar-refractivity contribution in [2.24, 2.45) is 0 Å². The van der Waals surface area contributed by atoms with Crippen LogP contribution in [0.3, 0.4) is 0 Å². The highest BCUT2D eigenvalue weighted by molar-refractivity contribution is 5.44. The Labute approximate surface area is 112 Å². The summed E-state index contributed by atoms with van der Waals surface area (Å²) in [5.74, 6) is 2.59. The number of ether oxygens (including phenoxy) is 3. The number of fused-ring (bicyclic) bond motifs is 1. The van der Waals surface area contributed by atoms with Crippen LogP contribution in [0, 0.1) is 0 Å². The van der Waals surface area contributed by atoms with Crippen molar-refractivity contribution >= 4 is 0 Å². The first-order valence-electron chi connectivity index (χ1n) is 6.36. The van der Waals surface area contributed by atoms with Gasteiger partial charge in [-0.2, -0.15) is 0 Å². The third-order valence-electron chi connectivity index (χ3n) is 3.27. The molecule has 0 N–H and O–H groups in total. The van der Waals surface area contributed by atoms with E-state index in [2.05, 4.69) is 24.3 Å². The Morgan fingerprint density at radius 1 is 0.947 bits per heavy atom. The van der Waals surface area contributed by atoms with Gasteiger partial charge in [0.1, 0.15) is 5.75 Å². The van der Waals surface area contributed by atoms with E-state index in [-0.39, 0.29) is 0 Å². The van der Waals surface area contributed by atoms with Gasteiger partial charge < -0.3 is 14.2 Å². The standard InChI is InChI=1S/C16H16O3/c1-17-14-4-2-3-12(9-14)5-6-13-7-8-15-16(10-13)19-11-18-15/h2-4,7-10H,5-6,11H2,1H3. The quantitative estimate of drug-likeness (QED) is 0.840. The van der Waals surface area contributed by atoms with Crippen LogP contribution < -0.4 is 14.2 Å². The predicted molar refractivity (Wildman–Crippen MR) is 73.0 cm³/mol. The molecule has 19 heavy (non-hydrogen) atoms. The summed E-state index contributed by atoms with van der Waals surface area (Å²) in [5.41, 5.74) is 2.53. The highest BCUT2D eigenvalue weighted by Gasteiger charge is 2.12. The van der Waals surface area contributed by atoms with Crippen molar-refractivity contribution in [2.75, 3.05) is 13.9 Å². The molecule has 0 aromatic heterocycles. The van der Waals surface area contributed by atoms with E-state index >= 15 is 0 Å². The van der Waals surface area contributed by atoms with E-state index in [4.69, 9.17) is 14.2 Å². The van der Waals surface area contributed by atoms with Gasteiger partial charge in [-0.1, -0.05) is 18.2 Å². The maximum Gasteiger partial charge on any atom is 0.231 e. The fourth-order valence-electron chi connectivity index (χ4n) is 2.21. The summed E-state index contributed by atoms with van der Waals surface area (Å²) >= 11 is 0. The van der Waals surface area contributed by atoms with Crippen LogP contribution in [-0.2, 0) is 12.8 Å². The molecular formula is C16H16O3. The normalized spacial score (nSPS) is 12.5. The fraction of sp³-hybridized carbons (Fsp3) is 0.250. The number of methoxy groups -OCH3 is 1. The van der Waals surface area contributed by atoms with Gasteiger partial charge in [-0.25, -0.2) is 0 Å². The number of hydrogen-bond acceptors (Lipinski definition) is 3. The summed E-state index contributed by atoms with van der Waals surface area (Å²) in [6, 6.07) is 14.3. The molecular weight excluding hydrogens is 240 g/mol. The van der Waals surface area contributed by atoms with Gasteiger partial charge in [0.2, 0.25) is 6.79 Å². The summed E-state index contributed by atoms with van der Waals surface area (Å²) in [4.78, 5) is 0. The Bertz CT molecular complexity index is 578. The van der Waals surface area contributed by atoms with E-state index in [9.17, 15) is 0 Å². The zero-order valence-corrected chi connectivity index (χ0v) is 10.9. The second-order valence-electron chi connectivity index (χ2n) is 4.54. The van der Waals surface area contributed by atoms with Crippen molar-refractivity contribution in [3.05, 3.63) is 53.6 Å². The van der Waals surface area contributed by atoms with Crippen LogP contribution in [0.2, 0.25) is 0 Å². The molecule has 0 unspecified atom stereocenters. The number of benzene rings is 2. The number of hydrogen-bond donors (Lipinski definition) is 0. The van der Waals surface area contributed by atoms with Gasteiger partial charge in [-0.05, 0) is 48.2 Å². The van der Waals surface area contributed by atoms with Crippen molar-refractivity contribution in [1.29, 1.82) is 0 Å². The molecule has 3 nitrogen and oxygen atoms in total. The summed E-state index contributed by atoms with van der Waals surface area (Å²) in [6.45, 7) is 0.328. The minimum Gasteiger partial charge on any atom is -0.497 e. The number of aryl methyl sites for hydroxylation is 2. The molecule has 3 heteroatoms. The van der Waals surface area contributed by atoms with Gasteiger partial charge in [-0.15, -0.1) is 0 Å². The van der Waals surface area contributed by atoms with Crippen LogP contribution in [0.4, 0.5) is 0 Å². The minimum absolute atomic E-state index is 0.328. The summed E-state index contributed by atoms with van der Waals surface area (Å²) in [7, 11) is 1.69. The maximum atomic E-state index is 5.39. The molecule has 0 amide bonds. The lowest BCUT2D eigenvalue weighted by Crippen LogP contribution is -1.93. The monoisotopic (exact) mass is 256 g/mol. The molecule has 2 aromatic rings. The van der Waals surface area contributed by atoms with Crippen LogP contribution in [0.1, 0.15) is 11.1 Å². The van der Waals surface area contributed by atoms with E-state index in [1.165, 1.54) is 11.1 Å². The van der Waals surface area contributed by atoms with Gasteiger partial charge >= 0.3 is 0 Å². The van der Waals surface area contributed by atoms with Gasteiger partial charge in [-0.3, -0.25) is 0 Å². The van der Waals surface area contributed by atoms with Crippen LogP contribution in [0.25, 0.3) is 0 Å². The molecule has 0 fully saturated rings. The summed E-state index contributed by atoms with van der Waals surface area (Å²) in [5, 5.41) is 0. The second-order valence-corrected chi connectivity index (χ2v) is 4.54. The lowest BCUT2D eigenvalue weighted by Gasteiger charge is -2.05. The van der Waals surface area contributed by atoms with Gasteiger partial charge in [0.25, 0.3) is 0 Å². The minimum atomic E-state index is 0.328. The van der Waals surface area contributed by atoms with Crippen molar-refractivity contribution < 1.29 is 14.2 Å². The van der Waals surface area contributed by atoms with Crippen molar-refractivity contribution in [3.63, 3.8) is 0 Å². The van der Waals surface area contributed by atoms with Crippen LogP contribution >= 0.6 is 0 Å². The molecule has 1 heterocycles. The Morgan fingerprint density at radius 3 is 2.58 bits per heavy atom. The zero-order chi connectivity index (χ0) is 13.1. The Hall–Kier alpha value is -2.16. The Morgan fingerprint density at radius 2 is 1.74 bits per heavy atom. The van der Waals surface area contributed by atoms with Gasteiger partial charge in [0.05, 0.1) is 7.11 Å². The van der Waals surface area contributed by atoms with Crippen molar-refractivity contribution in [1.82, 2.24) is 0 Å². The van der Waals surface area contributed by atoms with Crippen molar-refractivity contribution in [2.45, 2.75) is 12.8 Å². The van der Waals surface area contributed by atoms with E-state index in [1.807, 2.05) is 18.2 Å². The van der Waals surface area contributed by atoms with Gasteiger partial charge in [0.15, 0.2) is 11.5 Å². The van der Waals surface area contributed by atoms with Gasteiger partial charge in [0, 0.05) is 0 Å². The van der Waals surface area contributed by atoms with E-state index in [0.29, 0.717) is 6.79 Å². The molecule has 1 aliphatic rings. The van der Waals surface area contributed by atoms with Crippen LogP contribution in [0.5, 0.6) is 17.2 Å². The first kappa shape index (κ1) is 11.9. The van der Waals surface area contributed by atoms with E-state index < -0.39 is 0 Å². The second kappa shape index (κ2) is 5.22. The van der Waals surface area contributed by atoms with Crippen LogP contribution in [-0.4, -0.2) is 13.9 Å². The molecule has 0 bridgehead atoms. The highest BCUT2D eigenvalue weighted by Crippen LogP contribution is 2.32. The Balaban J connectivity index is 1.68. The highest BCUT2D eigenvalue weighted by atomic mass is 16.7. The molecule has 0 atom stereocenters. The summed E-state index contributed by atoms with van der Waals surface area (Å²) in [6.07, 6.45) is 1.96. The predicted octanol–water partition coefficient (Wildman–Crippen LogP) is 3.21. The van der Waals surface area contributed by atoms with Crippen molar-refractivity contribution in [3.8, 4) is 17.2 Å². The largest absolute Gasteiger partial charge is 0.497 e. The third-order valence-corrected chi connectivity index (χ3v) is 3.27. The first-order chi connectivity index (χ1) is 9.35. The average Bonchev–Trinajstić information content (AvgIpc) is 2.93. The first-order valence-corrected chi connectivity index (χ1v) is 6.36. The molecule has 0 spiro atoms. The SMILES string of the molecule is COc1cccc(CCc2ccc3c(c2)OCO3)c1.